The minimum atomic E-state index is 0.448. The second kappa shape index (κ2) is 6.05. The van der Waals surface area contributed by atoms with E-state index >= 15 is 0 Å². The summed E-state index contributed by atoms with van der Waals surface area (Å²) >= 11 is 0. The molecule has 1 nitrogen and oxygen atoms in total. The molecule has 0 spiro atoms. The predicted molar refractivity (Wildman–Crippen MR) is 71.4 cm³/mol. The van der Waals surface area contributed by atoms with Crippen LogP contribution in [0.2, 0.25) is 0 Å². The molecule has 90 valence electrons. The molecular formula is C15H25N. The average Bonchev–Trinajstić information content (AvgIpc) is 2.27. The first kappa shape index (κ1) is 13.2. The Hall–Kier alpha value is -0.820. The molecule has 1 aromatic rings. The quantitative estimate of drug-likeness (QED) is 0.763. The van der Waals surface area contributed by atoms with E-state index in [1.165, 1.54) is 18.4 Å². The van der Waals surface area contributed by atoms with Gasteiger partial charge in [-0.15, -0.1) is 0 Å². The lowest BCUT2D eigenvalue weighted by molar-refractivity contribution is 0.278. The highest BCUT2D eigenvalue weighted by atomic mass is 14.9. The van der Waals surface area contributed by atoms with Gasteiger partial charge in [0, 0.05) is 12.6 Å². The molecule has 0 radical (unpaired) electrons. The molecule has 1 heteroatoms. The van der Waals surface area contributed by atoms with Crippen molar-refractivity contribution in [1.82, 2.24) is 5.32 Å². The van der Waals surface area contributed by atoms with Gasteiger partial charge < -0.3 is 5.32 Å². The Labute approximate surface area is 100 Å². The van der Waals surface area contributed by atoms with Crippen molar-refractivity contribution in [2.24, 2.45) is 5.41 Å². The van der Waals surface area contributed by atoms with E-state index < -0.39 is 0 Å². The lowest BCUT2D eigenvalue weighted by atomic mass is 9.84. The van der Waals surface area contributed by atoms with Gasteiger partial charge in [-0.2, -0.15) is 0 Å². The average molecular weight is 219 g/mol. The van der Waals surface area contributed by atoms with E-state index in [-0.39, 0.29) is 0 Å². The highest BCUT2D eigenvalue weighted by Crippen LogP contribution is 2.25. The maximum Gasteiger partial charge on any atom is 0.0207 e. The molecule has 1 N–H and O–H groups in total. The number of hydrogen-bond acceptors (Lipinski definition) is 1. The topological polar surface area (TPSA) is 12.0 Å². The van der Waals surface area contributed by atoms with Crippen LogP contribution in [0.4, 0.5) is 0 Å². The van der Waals surface area contributed by atoms with Gasteiger partial charge in [0.15, 0.2) is 0 Å². The molecule has 0 aliphatic carbocycles. The number of benzene rings is 1. The summed E-state index contributed by atoms with van der Waals surface area (Å²) in [7, 11) is 0. The summed E-state index contributed by atoms with van der Waals surface area (Å²) in [6, 6.07) is 11.2. The Kier molecular flexibility index (Phi) is 5.01. The summed E-state index contributed by atoms with van der Waals surface area (Å²) in [5, 5.41) is 3.59. The molecule has 1 rings (SSSR count). The molecule has 1 unspecified atom stereocenters. The normalized spacial score (nSPS) is 13.8. The van der Waals surface area contributed by atoms with Crippen LogP contribution in [0.3, 0.4) is 0 Å². The second-order valence-corrected chi connectivity index (χ2v) is 5.49. The predicted octanol–water partition coefficient (Wildman–Crippen LogP) is 3.99. The third kappa shape index (κ3) is 4.80. The molecule has 0 aliphatic heterocycles. The third-order valence-corrected chi connectivity index (χ3v) is 3.31. The standard InChI is InChI=1S/C15H25N/c1-5-15(3,4)11-13(2)16-12-14-9-7-6-8-10-14/h6-10,13,16H,5,11-12H2,1-4H3. The van der Waals surface area contributed by atoms with Crippen LogP contribution in [-0.4, -0.2) is 6.04 Å². The fraction of sp³-hybridized carbons (Fsp3) is 0.600. The highest BCUT2D eigenvalue weighted by Gasteiger charge is 2.18. The van der Waals surface area contributed by atoms with Crippen LogP contribution >= 0.6 is 0 Å². The first-order valence-electron chi connectivity index (χ1n) is 6.31. The maximum atomic E-state index is 3.59. The van der Waals surface area contributed by atoms with Gasteiger partial charge in [0.1, 0.15) is 0 Å². The van der Waals surface area contributed by atoms with Gasteiger partial charge in [0.25, 0.3) is 0 Å². The monoisotopic (exact) mass is 219 g/mol. The van der Waals surface area contributed by atoms with Crippen molar-refractivity contribution in [3.8, 4) is 0 Å². The summed E-state index contributed by atoms with van der Waals surface area (Å²) in [6.07, 6.45) is 2.47. The fourth-order valence-electron chi connectivity index (χ4n) is 1.93. The van der Waals surface area contributed by atoms with Gasteiger partial charge in [0.05, 0.1) is 0 Å². The number of rotatable bonds is 6. The van der Waals surface area contributed by atoms with E-state index in [4.69, 9.17) is 0 Å². The van der Waals surface area contributed by atoms with Crippen LogP contribution in [0.5, 0.6) is 0 Å². The van der Waals surface area contributed by atoms with Crippen molar-refractivity contribution in [1.29, 1.82) is 0 Å². The third-order valence-electron chi connectivity index (χ3n) is 3.31. The molecule has 0 heterocycles. The smallest absolute Gasteiger partial charge is 0.0207 e. The largest absolute Gasteiger partial charge is 0.310 e. The Bertz CT molecular complexity index is 290. The lowest BCUT2D eigenvalue weighted by Crippen LogP contribution is -2.30. The van der Waals surface area contributed by atoms with E-state index in [1.54, 1.807) is 0 Å². The molecule has 16 heavy (non-hydrogen) atoms. The summed E-state index contributed by atoms with van der Waals surface area (Å²) < 4.78 is 0. The second-order valence-electron chi connectivity index (χ2n) is 5.49. The van der Waals surface area contributed by atoms with E-state index in [0.29, 0.717) is 11.5 Å². The molecule has 0 aliphatic rings. The molecule has 0 fully saturated rings. The van der Waals surface area contributed by atoms with Crippen LogP contribution in [0, 0.1) is 5.41 Å². The van der Waals surface area contributed by atoms with Gasteiger partial charge in [-0.05, 0) is 24.3 Å². The molecule has 0 saturated heterocycles. The van der Waals surface area contributed by atoms with Crippen molar-refractivity contribution in [3.05, 3.63) is 35.9 Å². The van der Waals surface area contributed by atoms with Crippen LogP contribution in [0.25, 0.3) is 0 Å². The number of hydrogen-bond donors (Lipinski definition) is 1. The summed E-state index contributed by atoms with van der Waals surface area (Å²) in [6.45, 7) is 10.2. The summed E-state index contributed by atoms with van der Waals surface area (Å²) in [5.74, 6) is 0. The maximum absolute atomic E-state index is 3.59. The van der Waals surface area contributed by atoms with Crippen LogP contribution in [-0.2, 0) is 6.54 Å². The SMILES string of the molecule is CCC(C)(C)CC(C)NCc1ccccc1. The molecule has 0 amide bonds. The first-order chi connectivity index (χ1) is 7.53. The van der Waals surface area contributed by atoms with Gasteiger partial charge in [-0.3, -0.25) is 0 Å². The molecule has 0 aromatic heterocycles. The zero-order valence-corrected chi connectivity index (χ0v) is 11.1. The van der Waals surface area contributed by atoms with E-state index in [1.807, 2.05) is 0 Å². The molecule has 1 atom stereocenters. The first-order valence-corrected chi connectivity index (χ1v) is 6.31. The minimum absolute atomic E-state index is 0.448. The Morgan fingerprint density at radius 2 is 1.81 bits per heavy atom. The Morgan fingerprint density at radius 3 is 2.38 bits per heavy atom. The molecular weight excluding hydrogens is 194 g/mol. The van der Waals surface area contributed by atoms with Crippen LogP contribution < -0.4 is 5.32 Å². The summed E-state index contributed by atoms with van der Waals surface area (Å²) in [5.41, 5.74) is 1.81. The molecule has 0 bridgehead atoms. The van der Waals surface area contributed by atoms with Gasteiger partial charge in [0.2, 0.25) is 0 Å². The van der Waals surface area contributed by atoms with E-state index in [2.05, 4.69) is 63.3 Å². The highest BCUT2D eigenvalue weighted by molar-refractivity contribution is 5.14. The fourth-order valence-corrected chi connectivity index (χ4v) is 1.93. The molecule has 1 aromatic carbocycles. The summed E-state index contributed by atoms with van der Waals surface area (Å²) in [4.78, 5) is 0. The Morgan fingerprint density at radius 1 is 1.19 bits per heavy atom. The van der Waals surface area contributed by atoms with Crippen molar-refractivity contribution < 1.29 is 0 Å². The van der Waals surface area contributed by atoms with Crippen molar-refractivity contribution in [2.45, 2.75) is 53.1 Å². The molecule has 0 saturated carbocycles. The van der Waals surface area contributed by atoms with Crippen LogP contribution in [0.15, 0.2) is 30.3 Å². The Balaban J connectivity index is 2.33. The van der Waals surface area contributed by atoms with Gasteiger partial charge >= 0.3 is 0 Å². The van der Waals surface area contributed by atoms with Crippen molar-refractivity contribution in [3.63, 3.8) is 0 Å². The van der Waals surface area contributed by atoms with E-state index in [9.17, 15) is 0 Å². The van der Waals surface area contributed by atoms with Gasteiger partial charge in [-0.1, -0.05) is 57.5 Å². The van der Waals surface area contributed by atoms with Crippen molar-refractivity contribution in [2.75, 3.05) is 0 Å². The minimum Gasteiger partial charge on any atom is -0.310 e. The van der Waals surface area contributed by atoms with Gasteiger partial charge in [-0.25, -0.2) is 0 Å². The van der Waals surface area contributed by atoms with Crippen LogP contribution in [0.1, 0.15) is 46.1 Å². The lowest BCUT2D eigenvalue weighted by Gasteiger charge is -2.27. The van der Waals surface area contributed by atoms with Crippen molar-refractivity contribution >= 4 is 0 Å². The van der Waals surface area contributed by atoms with E-state index in [0.717, 1.165) is 6.54 Å². The zero-order chi connectivity index (χ0) is 12.0. The number of nitrogens with one attached hydrogen (secondary N) is 1. The zero-order valence-electron chi connectivity index (χ0n) is 11.1.